The number of hydrogen-bond donors (Lipinski definition) is 3. The number of benzene rings is 2. The van der Waals surface area contributed by atoms with Gasteiger partial charge in [0.15, 0.2) is 5.84 Å². The van der Waals surface area contributed by atoms with Crippen molar-refractivity contribution in [2.75, 3.05) is 11.1 Å². The van der Waals surface area contributed by atoms with E-state index in [1.54, 1.807) is 36.4 Å². The van der Waals surface area contributed by atoms with Crippen molar-refractivity contribution in [1.82, 2.24) is 4.57 Å². The second-order valence-electron chi connectivity index (χ2n) is 7.68. The molecule has 1 aromatic heterocycles. The fourth-order valence-electron chi connectivity index (χ4n) is 3.50. The van der Waals surface area contributed by atoms with Crippen molar-refractivity contribution in [2.24, 2.45) is 10.3 Å². The molecular weight excluding hydrogens is 440 g/mol. The predicted molar refractivity (Wildman–Crippen MR) is 125 cm³/mol. The van der Waals surface area contributed by atoms with Gasteiger partial charge in [0, 0.05) is 17.6 Å². The van der Waals surface area contributed by atoms with Crippen LogP contribution < -0.4 is 16.6 Å². The van der Waals surface area contributed by atoms with Gasteiger partial charge in [-0.3, -0.25) is 4.79 Å². The average Bonchev–Trinajstić information content (AvgIpc) is 2.67. The molecule has 10 heteroatoms. The van der Waals surface area contributed by atoms with E-state index in [9.17, 15) is 18.3 Å². The molecule has 164 valence electrons. The van der Waals surface area contributed by atoms with Crippen LogP contribution in [0, 0.1) is 5.92 Å². The van der Waals surface area contributed by atoms with Crippen molar-refractivity contribution in [3.63, 3.8) is 0 Å². The van der Waals surface area contributed by atoms with Crippen LogP contribution in [-0.4, -0.2) is 23.9 Å². The standard InChI is InChI=1S/C21H22N4O4S.ClH/c1-12(2)9-10-25-16-8-7-13(22)11-14(16)19(26)18(21(25)27)20-23-15-5-3-4-6-17(15)30(28,29)24-20;/h3-8,11-12,26H,9-10,22H2,1-2H3,(H,23,24);1H. The van der Waals surface area contributed by atoms with Crippen molar-refractivity contribution in [3.8, 4) is 5.75 Å². The first-order chi connectivity index (χ1) is 14.2. The van der Waals surface area contributed by atoms with Gasteiger partial charge in [0.25, 0.3) is 15.6 Å². The van der Waals surface area contributed by atoms with Crippen LogP contribution in [0.25, 0.3) is 10.9 Å². The van der Waals surface area contributed by atoms with E-state index < -0.39 is 15.6 Å². The van der Waals surface area contributed by atoms with Crippen LogP contribution >= 0.6 is 12.4 Å². The van der Waals surface area contributed by atoms with Gasteiger partial charge in [-0.15, -0.1) is 16.8 Å². The summed E-state index contributed by atoms with van der Waals surface area (Å²) < 4.78 is 30.6. The van der Waals surface area contributed by atoms with Gasteiger partial charge in [0.1, 0.15) is 16.2 Å². The Bertz CT molecular complexity index is 1360. The molecule has 0 saturated carbocycles. The van der Waals surface area contributed by atoms with E-state index in [0.717, 1.165) is 6.42 Å². The zero-order valence-electron chi connectivity index (χ0n) is 17.0. The molecule has 0 radical (unpaired) electrons. The molecule has 0 aliphatic carbocycles. The zero-order chi connectivity index (χ0) is 21.6. The summed E-state index contributed by atoms with van der Waals surface area (Å²) in [6.07, 6.45) is 0.727. The van der Waals surface area contributed by atoms with Gasteiger partial charge in [0.2, 0.25) is 0 Å². The number of nitrogens with two attached hydrogens (primary N) is 1. The molecule has 0 saturated heterocycles. The highest BCUT2D eigenvalue weighted by molar-refractivity contribution is 7.90. The molecule has 0 atom stereocenters. The number of sulfonamides is 1. The van der Waals surface area contributed by atoms with Crippen molar-refractivity contribution in [1.29, 1.82) is 0 Å². The highest BCUT2D eigenvalue weighted by atomic mass is 35.5. The summed E-state index contributed by atoms with van der Waals surface area (Å²) in [5, 5.41) is 14.2. The molecule has 4 N–H and O–H groups in total. The smallest absolute Gasteiger partial charge is 0.286 e. The van der Waals surface area contributed by atoms with Crippen molar-refractivity contribution < 1.29 is 13.5 Å². The number of pyridine rings is 1. The minimum Gasteiger partial charge on any atom is -0.506 e. The number of fused-ring (bicyclic) bond motifs is 2. The Labute approximate surface area is 185 Å². The van der Waals surface area contributed by atoms with E-state index in [2.05, 4.69) is 9.71 Å². The number of nitrogen functional groups attached to an aromatic ring is 1. The van der Waals surface area contributed by atoms with E-state index in [-0.39, 0.29) is 34.5 Å². The van der Waals surface area contributed by atoms with Gasteiger partial charge in [-0.25, -0.2) is 0 Å². The third kappa shape index (κ3) is 3.98. The molecule has 0 unspecified atom stereocenters. The number of aromatic hydroxyl groups is 1. The molecule has 1 aliphatic heterocycles. The van der Waals surface area contributed by atoms with Crippen LogP contribution in [-0.2, 0) is 16.6 Å². The lowest BCUT2D eigenvalue weighted by atomic mass is 10.1. The fourth-order valence-corrected chi connectivity index (χ4v) is 4.63. The van der Waals surface area contributed by atoms with Crippen molar-refractivity contribution in [3.05, 3.63) is 58.4 Å². The minimum absolute atomic E-state index is 0. The van der Waals surface area contributed by atoms with Crippen LogP contribution in [0.15, 0.2) is 56.6 Å². The SMILES string of the molecule is CC(C)CCn1c(=O)c(C2=NS(=O)(=O)c3ccccc3N2)c(O)c2cc(N)ccc21.Cl. The van der Waals surface area contributed by atoms with Crippen LogP contribution in [0.3, 0.4) is 0 Å². The Hall–Kier alpha value is -3.04. The van der Waals surface area contributed by atoms with E-state index in [1.807, 2.05) is 13.8 Å². The summed E-state index contributed by atoms with van der Waals surface area (Å²) >= 11 is 0. The number of halogens is 1. The van der Waals surface area contributed by atoms with Gasteiger partial charge in [-0.05, 0) is 42.7 Å². The molecule has 2 heterocycles. The number of rotatable bonds is 4. The Balaban J connectivity index is 0.00000272. The Morgan fingerprint density at radius 3 is 2.61 bits per heavy atom. The van der Waals surface area contributed by atoms with Crippen LogP contribution in [0.2, 0.25) is 0 Å². The summed E-state index contributed by atoms with van der Waals surface area (Å²) in [7, 11) is -4.03. The zero-order valence-corrected chi connectivity index (χ0v) is 18.6. The van der Waals surface area contributed by atoms with Gasteiger partial charge >= 0.3 is 0 Å². The molecule has 1 aliphatic rings. The number of para-hydroxylation sites is 1. The maximum Gasteiger partial charge on any atom is 0.286 e. The quantitative estimate of drug-likeness (QED) is 0.510. The van der Waals surface area contributed by atoms with Crippen molar-refractivity contribution >= 4 is 50.5 Å². The molecule has 4 rings (SSSR count). The first-order valence-corrected chi connectivity index (χ1v) is 11.0. The topological polar surface area (TPSA) is 127 Å². The number of nitrogens with zero attached hydrogens (tertiary/aromatic N) is 2. The Kier molecular flexibility index (Phi) is 6.02. The van der Waals surface area contributed by atoms with Gasteiger partial charge in [-0.1, -0.05) is 26.0 Å². The fraction of sp³-hybridized carbons (Fsp3) is 0.238. The van der Waals surface area contributed by atoms with Crippen LogP contribution in [0.5, 0.6) is 5.75 Å². The number of aromatic nitrogens is 1. The summed E-state index contributed by atoms with van der Waals surface area (Å²) in [5.74, 6) is -0.224. The number of amidine groups is 1. The molecule has 8 nitrogen and oxygen atoms in total. The van der Waals surface area contributed by atoms with Crippen molar-refractivity contribution in [2.45, 2.75) is 31.7 Å². The molecule has 3 aromatic rings. The highest BCUT2D eigenvalue weighted by Gasteiger charge is 2.29. The third-order valence-corrected chi connectivity index (χ3v) is 6.39. The summed E-state index contributed by atoms with van der Waals surface area (Å²) in [6, 6.07) is 11.2. The molecule has 31 heavy (non-hydrogen) atoms. The van der Waals surface area contributed by atoms with Gasteiger partial charge in [0.05, 0.1) is 11.2 Å². The monoisotopic (exact) mass is 462 g/mol. The third-order valence-electron chi connectivity index (χ3n) is 5.06. The normalized spacial score (nSPS) is 14.5. The molecule has 0 amide bonds. The van der Waals surface area contributed by atoms with E-state index in [1.165, 1.54) is 10.6 Å². The highest BCUT2D eigenvalue weighted by Crippen LogP contribution is 2.33. The molecule has 2 aromatic carbocycles. The number of nitrogens with one attached hydrogen (secondary N) is 1. The number of hydrogen-bond acceptors (Lipinski definition) is 6. The second kappa shape index (κ2) is 8.24. The lowest BCUT2D eigenvalue weighted by molar-refractivity contribution is 0.474. The predicted octanol–water partition coefficient (Wildman–Crippen LogP) is 3.32. The minimum atomic E-state index is -4.03. The summed E-state index contributed by atoms with van der Waals surface area (Å²) in [5.41, 5.74) is 6.41. The van der Waals surface area contributed by atoms with Gasteiger partial charge in [-0.2, -0.15) is 8.42 Å². The van der Waals surface area contributed by atoms with Crippen LogP contribution in [0.4, 0.5) is 11.4 Å². The van der Waals surface area contributed by atoms with E-state index >= 15 is 0 Å². The van der Waals surface area contributed by atoms with Gasteiger partial charge < -0.3 is 20.7 Å². The molecule has 0 fully saturated rings. The molecular formula is C21H23ClN4O4S. The van der Waals surface area contributed by atoms with E-state index in [4.69, 9.17) is 5.73 Å². The molecule has 0 bridgehead atoms. The summed E-state index contributed by atoms with van der Waals surface area (Å²) in [4.78, 5) is 13.4. The Morgan fingerprint density at radius 2 is 1.90 bits per heavy atom. The lowest BCUT2D eigenvalue weighted by Gasteiger charge is -2.21. The van der Waals surface area contributed by atoms with Crippen LogP contribution in [0.1, 0.15) is 25.8 Å². The Morgan fingerprint density at radius 1 is 1.19 bits per heavy atom. The maximum absolute atomic E-state index is 13.4. The molecule has 0 spiro atoms. The number of aryl methyl sites for hydroxylation is 1. The first-order valence-electron chi connectivity index (χ1n) is 9.55. The number of anilines is 2. The maximum atomic E-state index is 13.4. The second-order valence-corrected chi connectivity index (χ2v) is 9.25. The summed E-state index contributed by atoms with van der Waals surface area (Å²) in [6.45, 7) is 4.49. The lowest BCUT2D eigenvalue weighted by Crippen LogP contribution is -2.33. The first kappa shape index (κ1) is 22.6. The largest absolute Gasteiger partial charge is 0.506 e. The average molecular weight is 463 g/mol. The van der Waals surface area contributed by atoms with E-state index in [0.29, 0.717) is 34.7 Å².